The maximum Gasteiger partial charge on any atom is 0.335 e. The van der Waals surface area contributed by atoms with Crippen molar-refractivity contribution in [3.05, 3.63) is 29.8 Å². The summed E-state index contributed by atoms with van der Waals surface area (Å²) in [7, 11) is 0. The smallest absolute Gasteiger partial charge is 0.335 e. The molecule has 5 heteroatoms. The Morgan fingerprint density at radius 1 is 1.28 bits per heavy atom. The van der Waals surface area contributed by atoms with Gasteiger partial charge in [0, 0.05) is 18.8 Å². The van der Waals surface area contributed by atoms with E-state index in [2.05, 4.69) is 4.90 Å². The number of carbonyl (C=O) groups excluding carboxylic acids is 1. The summed E-state index contributed by atoms with van der Waals surface area (Å²) >= 11 is 0. The molecule has 1 aromatic rings. The van der Waals surface area contributed by atoms with E-state index in [0.29, 0.717) is 6.54 Å². The molecule has 0 aromatic heterocycles. The fourth-order valence-corrected chi connectivity index (χ4v) is 2.26. The first-order valence-corrected chi connectivity index (χ1v) is 5.95. The lowest BCUT2D eigenvalue weighted by atomic mass is 9.97. The lowest BCUT2D eigenvalue weighted by molar-refractivity contribution is -0.122. The number of nitrogens with zero attached hydrogens (tertiary/aromatic N) is 1. The van der Waals surface area contributed by atoms with Gasteiger partial charge in [-0.2, -0.15) is 0 Å². The van der Waals surface area contributed by atoms with Gasteiger partial charge in [-0.05, 0) is 37.1 Å². The number of primary amides is 1. The van der Waals surface area contributed by atoms with Gasteiger partial charge < -0.3 is 15.7 Å². The fourth-order valence-electron chi connectivity index (χ4n) is 2.26. The Bertz CT molecular complexity index is 456. The molecule has 1 aliphatic heterocycles. The number of carboxylic acid groups (broad SMARTS) is 1. The van der Waals surface area contributed by atoms with Crippen molar-refractivity contribution >= 4 is 17.6 Å². The predicted molar refractivity (Wildman–Crippen MR) is 67.5 cm³/mol. The van der Waals surface area contributed by atoms with E-state index in [1.54, 1.807) is 24.3 Å². The van der Waals surface area contributed by atoms with Crippen LogP contribution >= 0.6 is 0 Å². The SMILES string of the molecule is NC(=O)C1CCCN(c2ccc(C(=O)O)cc2)C1. The summed E-state index contributed by atoms with van der Waals surface area (Å²) in [5.74, 6) is -1.31. The molecule has 0 radical (unpaired) electrons. The quantitative estimate of drug-likeness (QED) is 0.838. The first-order chi connectivity index (χ1) is 8.58. The molecule has 1 amide bonds. The molecule has 1 aromatic carbocycles. The molecule has 1 saturated heterocycles. The van der Waals surface area contributed by atoms with Crippen LogP contribution in [0.25, 0.3) is 0 Å². The van der Waals surface area contributed by atoms with Crippen LogP contribution in [0.5, 0.6) is 0 Å². The van der Waals surface area contributed by atoms with Crippen LogP contribution in [0.3, 0.4) is 0 Å². The number of benzene rings is 1. The Balaban J connectivity index is 2.11. The van der Waals surface area contributed by atoms with Gasteiger partial charge in [0.2, 0.25) is 5.91 Å². The van der Waals surface area contributed by atoms with Gasteiger partial charge in [-0.3, -0.25) is 4.79 Å². The van der Waals surface area contributed by atoms with Gasteiger partial charge in [0.05, 0.1) is 11.5 Å². The normalized spacial score (nSPS) is 19.6. The molecule has 2 rings (SSSR count). The van der Waals surface area contributed by atoms with E-state index in [9.17, 15) is 9.59 Å². The number of amides is 1. The first-order valence-electron chi connectivity index (χ1n) is 5.95. The highest BCUT2D eigenvalue weighted by Gasteiger charge is 2.24. The third-order valence-electron chi connectivity index (χ3n) is 3.30. The van der Waals surface area contributed by atoms with Crippen LogP contribution in [0, 0.1) is 5.92 Å². The number of nitrogens with two attached hydrogens (primary N) is 1. The average molecular weight is 248 g/mol. The summed E-state index contributed by atoms with van der Waals surface area (Å²) in [5.41, 5.74) is 6.53. The van der Waals surface area contributed by atoms with Gasteiger partial charge in [-0.15, -0.1) is 0 Å². The van der Waals surface area contributed by atoms with Gasteiger partial charge in [-0.25, -0.2) is 4.79 Å². The highest BCUT2D eigenvalue weighted by Crippen LogP contribution is 2.23. The van der Waals surface area contributed by atoms with Crippen molar-refractivity contribution in [1.29, 1.82) is 0 Å². The van der Waals surface area contributed by atoms with Crippen LogP contribution < -0.4 is 10.6 Å². The molecule has 0 bridgehead atoms. The molecule has 1 unspecified atom stereocenters. The Hall–Kier alpha value is -2.04. The van der Waals surface area contributed by atoms with Crippen molar-refractivity contribution < 1.29 is 14.7 Å². The number of piperidine rings is 1. The molecule has 3 N–H and O–H groups in total. The van der Waals surface area contributed by atoms with E-state index in [0.717, 1.165) is 25.1 Å². The molecule has 1 atom stereocenters. The molecule has 5 nitrogen and oxygen atoms in total. The number of anilines is 1. The third kappa shape index (κ3) is 2.61. The largest absolute Gasteiger partial charge is 0.478 e. The van der Waals surface area contributed by atoms with Crippen LogP contribution in [0.4, 0.5) is 5.69 Å². The molecule has 0 aliphatic carbocycles. The average Bonchev–Trinajstić information content (AvgIpc) is 2.39. The molecule has 96 valence electrons. The monoisotopic (exact) mass is 248 g/mol. The van der Waals surface area contributed by atoms with E-state index in [1.165, 1.54) is 0 Å². The number of hydrogen-bond acceptors (Lipinski definition) is 3. The lowest BCUT2D eigenvalue weighted by Crippen LogP contribution is -2.41. The second kappa shape index (κ2) is 5.08. The molecule has 1 heterocycles. The molecule has 1 fully saturated rings. The maximum atomic E-state index is 11.2. The summed E-state index contributed by atoms with van der Waals surface area (Å²) in [6.45, 7) is 1.48. The molecule has 0 spiro atoms. The summed E-state index contributed by atoms with van der Waals surface area (Å²) in [6, 6.07) is 6.69. The number of aromatic carboxylic acids is 1. The van der Waals surface area contributed by atoms with Crippen LogP contribution in [0.1, 0.15) is 23.2 Å². The zero-order valence-corrected chi connectivity index (χ0v) is 10.0. The number of carbonyl (C=O) groups is 2. The van der Waals surface area contributed by atoms with Crippen LogP contribution in [0.2, 0.25) is 0 Å². The highest BCUT2D eigenvalue weighted by atomic mass is 16.4. The lowest BCUT2D eigenvalue weighted by Gasteiger charge is -2.33. The van der Waals surface area contributed by atoms with Crippen LogP contribution in [-0.2, 0) is 4.79 Å². The molecular weight excluding hydrogens is 232 g/mol. The summed E-state index contributed by atoms with van der Waals surface area (Å²) < 4.78 is 0. The van der Waals surface area contributed by atoms with E-state index in [4.69, 9.17) is 10.8 Å². The van der Waals surface area contributed by atoms with Crippen LogP contribution in [-0.4, -0.2) is 30.1 Å². The van der Waals surface area contributed by atoms with E-state index in [1.807, 2.05) is 0 Å². The second-order valence-electron chi connectivity index (χ2n) is 4.54. The van der Waals surface area contributed by atoms with E-state index < -0.39 is 5.97 Å². The van der Waals surface area contributed by atoms with Crippen molar-refractivity contribution in [3.63, 3.8) is 0 Å². The molecule has 18 heavy (non-hydrogen) atoms. The molecule has 0 saturated carbocycles. The molecular formula is C13H16N2O3. The Kier molecular flexibility index (Phi) is 3.50. The minimum absolute atomic E-state index is 0.113. The standard InChI is InChI=1S/C13H16N2O3/c14-12(16)10-2-1-7-15(8-10)11-5-3-9(4-6-11)13(17)18/h3-6,10H,1-2,7-8H2,(H2,14,16)(H,17,18). The van der Waals surface area contributed by atoms with Crippen LogP contribution in [0.15, 0.2) is 24.3 Å². The van der Waals surface area contributed by atoms with E-state index >= 15 is 0 Å². The Labute approximate surface area is 105 Å². The van der Waals surface area contributed by atoms with Gasteiger partial charge in [0.25, 0.3) is 0 Å². The fraction of sp³-hybridized carbons (Fsp3) is 0.385. The van der Waals surface area contributed by atoms with Crippen molar-refractivity contribution in [3.8, 4) is 0 Å². The molecule has 1 aliphatic rings. The number of rotatable bonds is 3. The summed E-state index contributed by atoms with van der Waals surface area (Å²) in [6.07, 6.45) is 1.76. The third-order valence-corrected chi connectivity index (χ3v) is 3.30. The van der Waals surface area contributed by atoms with Gasteiger partial charge in [-0.1, -0.05) is 0 Å². The maximum absolute atomic E-state index is 11.2. The summed E-state index contributed by atoms with van der Waals surface area (Å²) in [5, 5.41) is 8.83. The topological polar surface area (TPSA) is 83.6 Å². The van der Waals surface area contributed by atoms with E-state index in [-0.39, 0.29) is 17.4 Å². The van der Waals surface area contributed by atoms with Crippen molar-refractivity contribution in [2.45, 2.75) is 12.8 Å². The van der Waals surface area contributed by atoms with Gasteiger partial charge in [0.1, 0.15) is 0 Å². The number of carboxylic acids is 1. The highest BCUT2D eigenvalue weighted by molar-refractivity contribution is 5.88. The number of hydrogen-bond donors (Lipinski definition) is 2. The zero-order valence-electron chi connectivity index (χ0n) is 10.0. The minimum atomic E-state index is -0.935. The minimum Gasteiger partial charge on any atom is -0.478 e. The second-order valence-corrected chi connectivity index (χ2v) is 4.54. The van der Waals surface area contributed by atoms with Crippen molar-refractivity contribution in [2.24, 2.45) is 11.7 Å². The van der Waals surface area contributed by atoms with Crippen molar-refractivity contribution in [1.82, 2.24) is 0 Å². The first kappa shape index (κ1) is 12.4. The zero-order chi connectivity index (χ0) is 13.1. The summed E-state index contributed by atoms with van der Waals surface area (Å²) in [4.78, 5) is 24.0. The Morgan fingerprint density at radius 2 is 1.94 bits per heavy atom. The Morgan fingerprint density at radius 3 is 2.50 bits per heavy atom. The van der Waals surface area contributed by atoms with Gasteiger partial charge in [0.15, 0.2) is 0 Å². The van der Waals surface area contributed by atoms with Gasteiger partial charge >= 0.3 is 5.97 Å². The van der Waals surface area contributed by atoms with Crippen molar-refractivity contribution in [2.75, 3.05) is 18.0 Å². The predicted octanol–water partition coefficient (Wildman–Crippen LogP) is 1.09.